The number of anilines is 1. The molecule has 2 N–H and O–H groups in total. The van der Waals surface area contributed by atoms with Crippen LogP contribution in [0.15, 0.2) is 0 Å². The molecule has 21 heavy (non-hydrogen) atoms. The van der Waals surface area contributed by atoms with Gasteiger partial charge in [0, 0.05) is 10.9 Å². The quantitative estimate of drug-likeness (QED) is 0.836. The fourth-order valence-corrected chi connectivity index (χ4v) is 3.37. The summed E-state index contributed by atoms with van der Waals surface area (Å²) in [6.45, 7) is 6.02. The van der Waals surface area contributed by atoms with E-state index < -0.39 is 0 Å². The van der Waals surface area contributed by atoms with Crippen molar-refractivity contribution in [1.82, 2.24) is 10.3 Å². The van der Waals surface area contributed by atoms with Gasteiger partial charge in [0.05, 0.1) is 18.2 Å². The molecule has 1 aromatic heterocycles. The van der Waals surface area contributed by atoms with Crippen LogP contribution in [0.4, 0.5) is 9.93 Å². The van der Waals surface area contributed by atoms with Crippen molar-refractivity contribution in [2.45, 2.75) is 46.1 Å². The zero-order chi connectivity index (χ0) is 15.4. The van der Waals surface area contributed by atoms with Crippen LogP contribution in [-0.2, 0) is 22.4 Å². The van der Waals surface area contributed by atoms with Crippen LogP contribution < -0.4 is 10.6 Å². The largest absolute Gasteiger partial charge is 0.466 e. The Bertz CT molecular complexity index is 528. The molecule has 1 heterocycles. The molecule has 0 saturated carbocycles. The van der Waals surface area contributed by atoms with E-state index in [4.69, 9.17) is 4.74 Å². The lowest BCUT2D eigenvalue weighted by atomic mass is 9.91. The molecule has 1 aliphatic carbocycles. The number of carbonyl (C=O) groups is 2. The molecule has 0 saturated heterocycles. The predicted molar refractivity (Wildman–Crippen MR) is 81.6 cm³/mol. The molecule has 1 aromatic rings. The van der Waals surface area contributed by atoms with Gasteiger partial charge in [-0.15, -0.1) is 11.3 Å². The maximum Gasteiger partial charge on any atom is 0.321 e. The van der Waals surface area contributed by atoms with Crippen LogP contribution in [0.5, 0.6) is 0 Å². The zero-order valence-corrected chi connectivity index (χ0v) is 13.4. The maximum atomic E-state index is 11.8. The van der Waals surface area contributed by atoms with Gasteiger partial charge in [-0.25, -0.2) is 9.78 Å². The number of nitrogens with zero attached hydrogens (tertiary/aromatic N) is 1. The number of ether oxygens (including phenoxy) is 1. The van der Waals surface area contributed by atoms with Gasteiger partial charge in [0.1, 0.15) is 0 Å². The fraction of sp³-hybridized carbons (Fsp3) is 0.643. The molecule has 0 spiro atoms. The highest BCUT2D eigenvalue weighted by Crippen LogP contribution is 2.32. The van der Waals surface area contributed by atoms with Crippen molar-refractivity contribution >= 4 is 28.5 Å². The summed E-state index contributed by atoms with van der Waals surface area (Å²) in [5.41, 5.74) is 0.986. The monoisotopic (exact) mass is 311 g/mol. The molecule has 2 amide bonds. The van der Waals surface area contributed by atoms with Crippen molar-refractivity contribution in [3.63, 3.8) is 0 Å². The molecule has 0 bridgehead atoms. The number of aromatic nitrogens is 1. The number of carbonyl (C=O) groups excluding carboxylic acids is 2. The lowest BCUT2D eigenvalue weighted by molar-refractivity contribution is -0.148. The summed E-state index contributed by atoms with van der Waals surface area (Å²) in [6.07, 6.45) is 2.16. The van der Waals surface area contributed by atoms with Gasteiger partial charge < -0.3 is 10.1 Å². The number of fused-ring (bicyclic) bond motifs is 1. The second kappa shape index (κ2) is 6.89. The van der Waals surface area contributed by atoms with Crippen LogP contribution in [0.25, 0.3) is 0 Å². The number of rotatable bonds is 4. The zero-order valence-electron chi connectivity index (χ0n) is 12.6. The molecule has 0 fully saturated rings. The standard InChI is InChI=1S/C14H21N3O3S/c1-4-20-12(18)9-5-6-10-11(7-9)21-14(16-10)17-13(19)15-8(2)3/h8-9H,4-7H2,1-3H3,(H2,15,16,17,19). The third-order valence-electron chi connectivity index (χ3n) is 3.20. The van der Waals surface area contributed by atoms with E-state index in [0.717, 1.165) is 23.4 Å². The lowest BCUT2D eigenvalue weighted by Crippen LogP contribution is -2.34. The molecule has 0 aliphatic heterocycles. The van der Waals surface area contributed by atoms with Gasteiger partial charge in [-0.3, -0.25) is 10.1 Å². The number of hydrogen-bond acceptors (Lipinski definition) is 5. The van der Waals surface area contributed by atoms with Crippen molar-refractivity contribution in [1.29, 1.82) is 0 Å². The normalized spacial score (nSPS) is 17.2. The van der Waals surface area contributed by atoms with Crippen molar-refractivity contribution in [3.8, 4) is 0 Å². The Morgan fingerprint density at radius 2 is 2.24 bits per heavy atom. The summed E-state index contributed by atoms with van der Waals surface area (Å²) in [5, 5.41) is 6.08. The number of amides is 2. The molecule has 7 heteroatoms. The highest BCUT2D eigenvalue weighted by Gasteiger charge is 2.28. The Hall–Kier alpha value is -1.63. The Kier molecular flexibility index (Phi) is 5.17. The molecule has 2 rings (SSSR count). The first-order valence-corrected chi connectivity index (χ1v) is 8.04. The van der Waals surface area contributed by atoms with Crippen LogP contribution in [-0.4, -0.2) is 29.6 Å². The first-order valence-electron chi connectivity index (χ1n) is 7.22. The van der Waals surface area contributed by atoms with Crippen LogP contribution in [0, 0.1) is 5.92 Å². The van der Waals surface area contributed by atoms with Crippen LogP contribution in [0.2, 0.25) is 0 Å². The molecular formula is C14H21N3O3S. The number of esters is 1. The topological polar surface area (TPSA) is 80.3 Å². The van der Waals surface area contributed by atoms with Crippen molar-refractivity contribution in [2.24, 2.45) is 5.92 Å². The van der Waals surface area contributed by atoms with Gasteiger partial charge >= 0.3 is 12.0 Å². The lowest BCUT2D eigenvalue weighted by Gasteiger charge is -2.18. The van der Waals surface area contributed by atoms with E-state index in [1.165, 1.54) is 11.3 Å². The fourth-order valence-electron chi connectivity index (χ4n) is 2.29. The molecule has 0 radical (unpaired) electrons. The number of nitrogens with one attached hydrogen (secondary N) is 2. The molecular weight excluding hydrogens is 290 g/mol. The maximum absolute atomic E-state index is 11.8. The van der Waals surface area contributed by atoms with Crippen molar-refractivity contribution in [3.05, 3.63) is 10.6 Å². The minimum absolute atomic E-state index is 0.0766. The molecule has 6 nitrogen and oxygen atoms in total. The minimum atomic E-state index is -0.252. The van der Waals surface area contributed by atoms with E-state index >= 15 is 0 Å². The van der Waals surface area contributed by atoms with Crippen LogP contribution in [0.1, 0.15) is 37.8 Å². The summed E-state index contributed by atoms with van der Waals surface area (Å²) in [6, 6.07) is -0.175. The Labute approximate surface area is 128 Å². The second-order valence-electron chi connectivity index (χ2n) is 5.33. The van der Waals surface area contributed by atoms with E-state index in [-0.39, 0.29) is 24.0 Å². The van der Waals surface area contributed by atoms with E-state index in [2.05, 4.69) is 15.6 Å². The first kappa shape index (κ1) is 15.8. The van der Waals surface area contributed by atoms with Gasteiger partial charge in [-0.2, -0.15) is 0 Å². The number of urea groups is 1. The van der Waals surface area contributed by atoms with Crippen LogP contribution in [0.3, 0.4) is 0 Å². The predicted octanol–water partition coefficient (Wildman–Crippen LogP) is 2.34. The minimum Gasteiger partial charge on any atom is -0.466 e. The average Bonchev–Trinajstić information content (AvgIpc) is 2.78. The molecule has 1 unspecified atom stereocenters. The summed E-state index contributed by atoms with van der Waals surface area (Å²) in [4.78, 5) is 29.0. The Morgan fingerprint density at radius 3 is 2.90 bits per heavy atom. The van der Waals surface area contributed by atoms with Gasteiger partial charge in [0.15, 0.2) is 5.13 Å². The Morgan fingerprint density at radius 1 is 1.48 bits per heavy atom. The summed E-state index contributed by atoms with van der Waals surface area (Å²) in [5.74, 6) is -0.223. The third-order valence-corrected chi connectivity index (χ3v) is 4.24. The summed E-state index contributed by atoms with van der Waals surface area (Å²) in [7, 11) is 0. The SMILES string of the molecule is CCOC(=O)C1CCc2nc(NC(=O)NC(C)C)sc2C1. The smallest absolute Gasteiger partial charge is 0.321 e. The van der Waals surface area contributed by atoms with Crippen molar-refractivity contribution in [2.75, 3.05) is 11.9 Å². The molecule has 1 aliphatic rings. The first-order chi connectivity index (χ1) is 9.99. The van der Waals surface area contributed by atoms with E-state index in [1.54, 1.807) is 0 Å². The summed E-state index contributed by atoms with van der Waals surface area (Å²) < 4.78 is 5.08. The molecule has 0 aromatic carbocycles. The van der Waals surface area contributed by atoms with E-state index in [0.29, 0.717) is 18.2 Å². The Balaban J connectivity index is 1.99. The van der Waals surface area contributed by atoms with Crippen LogP contribution >= 0.6 is 11.3 Å². The van der Waals surface area contributed by atoms with Gasteiger partial charge in [0.2, 0.25) is 0 Å². The average molecular weight is 311 g/mol. The highest BCUT2D eigenvalue weighted by atomic mass is 32.1. The van der Waals surface area contributed by atoms with Gasteiger partial charge in [-0.05, 0) is 40.0 Å². The van der Waals surface area contributed by atoms with E-state index in [9.17, 15) is 9.59 Å². The number of hydrogen-bond donors (Lipinski definition) is 2. The highest BCUT2D eigenvalue weighted by molar-refractivity contribution is 7.15. The van der Waals surface area contributed by atoms with Gasteiger partial charge in [-0.1, -0.05) is 0 Å². The van der Waals surface area contributed by atoms with Gasteiger partial charge in [0.25, 0.3) is 0 Å². The summed E-state index contributed by atoms with van der Waals surface area (Å²) >= 11 is 1.44. The van der Waals surface area contributed by atoms with E-state index in [1.807, 2.05) is 20.8 Å². The molecule has 116 valence electrons. The molecule has 1 atom stereocenters. The van der Waals surface area contributed by atoms with Crippen molar-refractivity contribution < 1.29 is 14.3 Å². The number of aryl methyl sites for hydroxylation is 1. The second-order valence-corrected chi connectivity index (χ2v) is 6.42. The third kappa shape index (κ3) is 4.17. The number of thiazole rings is 1.